The zero-order valence-electron chi connectivity index (χ0n) is 10.8. The number of halogens is 2. The molecule has 4 heteroatoms. The molecule has 0 aromatic heterocycles. The molecule has 18 heavy (non-hydrogen) atoms. The molecule has 1 aromatic carbocycles. The van der Waals surface area contributed by atoms with E-state index in [2.05, 4.69) is 35.1 Å². The summed E-state index contributed by atoms with van der Waals surface area (Å²) in [4.78, 5) is 0. The van der Waals surface area contributed by atoms with Crippen LogP contribution in [0.15, 0.2) is 16.6 Å². The third-order valence-electron chi connectivity index (χ3n) is 3.37. The van der Waals surface area contributed by atoms with Gasteiger partial charge in [0.05, 0.1) is 0 Å². The highest BCUT2D eigenvalue weighted by molar-refractivity contribution is 9.10. The second-order valence-corrected chi connectivity index (χ2v) is 6.73. The van der Waals surface area contributed by atoms with E-state index in [1.54, 1.807) is 6.07 Å². The molecular formula is C14H19BrFNS. The van der Waals surface area contributed by atoms with Crippen LogP contribution in [0, 0.1) is 11.7 Å². The van der Waals surface area contributed by atoms with Gasteiger partial charge >= 0.3 is 0 Å². The van der Waals surface area contributed by atoms with E-state index in [1.807, 2.05) is 17.8 Å². The predicted octanol–water partition coefficient (Wildman–Crippen LogP) is 4.51. The van der Waals surface area contributed by atoms with E-state index < -0.39 is 0 Å². The Balaban J connectivity index is 2.43. The standard InChI is InChI=1S/C14H19BrFNS/c1-3-6-17-14-9(2)7-18-8-10-12(16)5-4-11(15)13(10)14/h4-5,9,14,17H,3,6-8H2,1-2H3. The molecule has 0 aliphatic carbocycles. The van der Waals surface area contributed by atoms with Crippen molar-refractivity contribution in [2.24, 2.45) is 5.92 Å². The van der Waals surface area contributed by atoms with E-state index >= 15 is 0 Å². The lowest BCUT2D eigenvalue weighted by molar-refractivity contribution is 0.415. The van der Waals surface area contributed by atoms with Crippen LogP contribution in [0.1, 0.15) is 37.4 Å². The van der Waals surface area contributed by atoms with E-state index in [9.17, 15) is 4.39 Å². The predicted molar refractivity (Wildman–Crippen MR) is 80.5 cm³/mol. The third-order valence-corrected chi connectivity index (χ3v) is 5.31. The summed E-state index contributed by atoms with van der Waals surface area (Å²) in [6.07, 6.45) is 1.10. The first-order valence-electron chi connectivity index (χ1n) is 6.43. The molecule has 1 aliphatic heterocycles. The van der Waals surface area contributed by atoms with E-state index in [-0.39, 0.29) is 11.9 Å². The average Bonchev–Trinajstić information content (AvgIpc) is 2.52. The molecule has 2 atom stereocenters. The topological polar surface area (TPSA) is 12.0 Å². The summed E-state index contributed by atoms with van der Waals surface area (Å²) in [6.45, 7) is 5.37. The van der Waals surface area contributed by atoms with Crippen molar-refractivity contribution < 1.29 is 4.39 Å². The molecule has 1 aromatic rings. The highest BCUT2D eigenvalue weighted by Gasteiger charge is 2.28. The monoisotopic (exact) mass is 331 g/mol. The Morgan fingerprint density at radius 2 is 2.28 bits per heavy atom. The van der Waals surface area contributed by atoms with E-state index in [4.69, 9.17) is 0 Å². The maximum Gasteiger partial charge on any atom is 0.127 e. The van der Waals surface area contributed by atoms with Gasteiger partial charge in [-0.15, -0.1) is 0 Å². The molecule has 0 amide bonds. The van der Waals surface area contributed by atoms with Crippen LogP contribution in [0.3, 0.4) is 0 Å². The van der Waals surface area contributed by atoms with Gasteiger partial charge in [0.25, 0.3) is 0 Å². The Hall–Kier alpha value is -0.0600. The fourth-order valence-corrected chi connectivity index (χ4v) is 4.22. The number of benzene rings is 1. The lowest BCUT2D eigenvalue weighted by Crippen LogP contribution is -2.29. The van der Waals surface area contributed by atoms with Crippen LogP contribution >= 0.6 is 27.7 Å². The molecule has 0 saturated heterocycles. The Kier molecular flexibility index (Phi) is 5.10. The summed E-state index contributed by atoms with van der Waals surface area (Å²) in [6, 6.07) is 3.65. The summed E-state index contributed by atoms with van der Waals surface area (Å²) in [7, 11) is 0. The fraction of sp³-hybridized carbons (Fsp3) is 0.571. The number of thioether (sulfide) groups is 1. The molecule has 100 valence electrons. The summed E-state index contributed by atoms with van der Waals surface area (Å²) < 4.78 is 15.0. The third kappa shape index (κ3) is 2.91. The minimum atomic E-state index is -0.0712. The van der Waals surface area contributed by atoms with Crippen molar-refractivity contribution in [2.45, 2.75) is 32.1 Å². The highest BCUT2D eigenvalue weighted by Crippen LogP contribution is 2.39. The van der Waals surface area contributed by atoms with Crippen molar-refractivity contribution in [2.75, 3.05) is 12.3 Å². The first-order valence-corrected chi connectivity index (χ1v) is 8.37. The van der Waals surface area contributed by atoms with Gasteiger partial charge in [-0.2, -0.15) is 11.8 Å². The maximum atomic E-state index is 14.0. The summed E-state index contributed by atoms with van der Waals surface area (Å²) in [5.41, 5.74) is 1.99. The highest BCUT2D eigenvalue weighted by atomic mass is 79.9. The molecular weight excluding hydrogens is 313 g/mol. The first-order chi connectivity index (χ1) is 8.65. The van der Waals surface area contributed by atoms with Crippen LogP contribution in [0.2, 0.25) is 0 Å². The number of nitrogens with one attached hydrogen (secondary N) is 1. The van der Waals surface area contributed by atoms with E-state index in [0.717, 1.165) is 40.1 Å². The van der Waals surface area contributed by atoms with Crippen LogP contribution in [-0.4, -0.2) is 12.3 Å². The molecule has 2 rings (SSSR count). The number of hydrogen-bond acceptors (Lipinski definition) is 2. The van der Waals surface area contributed by atoms with Crippen LogP contribution in [0.25, 0.3) is 0 Å². The van der Waals surface area contributed by atoms with Crippen molar-refractivity contribution in [1.29, 1.82) is 0 Å². The van der Waals surface area contributed by atoms with Crippen LogP contribution in [-0.2, 0) is 5.75 Å². The van der Waals surface area contributed by atoms with E-state index in [1.165, 1.54) is 0 Å². The Labute approximate surface area is 121 Å². The molecule has 2 unspecified atom stereocenters. The van der Waals surface area contributed by atoms with Gasteiger partial charge in [0.1, 0.15) is 5.82 Å². The second kappa shape index (κ2) is 6.40. The molecule has 0 fully saturated rings. The normalized spacial score (nSPS) is 23.6. The average molecular weight is 332 g/mol. The fourth-order valence-electron chi connectivity index (χ4n) is 2.42. The number of fused-ring (bicyclic) bond motifs is 1. The minimum Gasteiger partial charge on any atom is -0.310 e. The molecule has 1 nitrogen and oxygen atoms in total. The van der Waals surface area contributed by atoms with Crippen molar-refractivity contribution >= 4 is 27.7 Å². The second-order valence-electron chi connectivity index (χ2n) is 4.85. The summed E-state index contributed by atoms with van der Waals surface area (Å²) in [5.74, 6) is 2.29. The molecule has 0 bridgehead atoms. The molecule has 1 N–H and O–H groups in total. The minimum absolute atomic E-state index is 0.0712. The van der Waals surface area contributed by atoms with Crippen LogP contribution in [0.4, 0.5) is 4.39 Å². The lowest BCUT2D eigenvalue weighted by atomic mass is 9.92. The molecule has 0 radical (unpaired) electrons. The summed E-state index contributed by atoms with van der Waals surface area (Å²) in [5, 5.41) is 3.58. The lowest BCUT2D eigenvalue weighted by Gasteiger charge is -2.25. The van der Waals surface area contributed by atoms with Crippen LogP contribution in [0.5, 0.6) is 0 Å². The van der Waals surface area contributed by atoms with Gasteiger partial charge in [-0.1, -0.05) is 29.8 Å². The van der Waals surface area contributed by atoms with Gasteiger partial charge < -0.3 is 5.32 Å². The van der Waals surface area contributed by atoms with Gasteiger partial charge in [-0.25, -0.2) is 4.39 Å². The maximum absolute atomic E-state index is 14.0. The van der Waals surface area contributed by atoms with Gasteiger partial charge in [0.2, 0.25) is 0 Å². The van der Waals surface area contributed by atoms with Gasteiger partial charge in [0.15, 0.2) is 0 Å². The zero-order valence-corrected chi connectivity index (χ0v) is 13.2. The van der Waals surface area contributed by atoms with Crippen molar-refractivity contribution in [3.8, 4) is 0 Å². The number of rotatable bonds is 3. The Bertz CT molecular complexity index is 425. The van der Waals surface area contributed by atoms with Gasteiger partial charge in [-0.05, 0) is 42.3 Å². The van der Waals surface area contributed by atoms with Crippen molar-refractivity contribution in [3.63, 3.8) is 0 Å². The Morgan fingerprint density at radius 1 is 1.50 bits per heavy atom. The number of hydrogen-bond donors (Lipinski definition) is 1. The SMILES string of the molecule is CCCNC1c2c(Br)ccc(F)c2CSCC1C. The molecule has 1 heterocycles. The zero-order chi connectivity index (χ0) is 13.1. The largest absolute Gasteiger partial charge is 0.310 e. The first kappa shape index (κ1) is 14.4. The van der Waals surface area contributed by atoms with E-state index in [0.29, 0.717) is 5.92 Å². The van der Waals surface area contributed by atoms with Gasteiger partial charge in [-0.3, -0.25) is 0 Å². The molecule has 1 aliphatic rings. The smallest absolute Gasteiger partial charge is 0.127 e. The van der Waals surface area contributed by atoms with Crippen molar-refractivity contribution in [3.05, 3.63) is 33.5 Å². The van der Waals surface area contributed by atoms with Crippen molar-refractivity contribution in [1.82, 2.24) is 5.32 Å². The molecule has 0 saturated carbocycles. The van der Waals surface area contributed by atoms with Crippen LogP contribution < -0.4 is 5.32 Å². The van der Waals surface area contributed by atoms with Gasteiger partial charge in [0, 0.05) is 21.8 Å². The quantitative estimate of drug-likeness (QED) is 0.874. The Morgan fingerprint density at radius 3 is 3.00 bits per heavy atom. The molecule has 0 spiro atoms. The summed E-state index contributed by atoms with van der Waals surface area (Å²) >= 11 is 5.42.